The molecule has 0 radical (unpaired) electrons. The zero-order chi connectivity index (χ0) is 13.9. The molecule has 1 aromatic rings. The average Bonchev–Trinajstić information content (AvgIpc) is 2.84. The van der Waals surface area contributed by atoms with E-state index in [1.54, 1.807) is 0 Å². The summed E-state index contributed by atoms with van der Waals surface area (Å²) in [7, 11) is 0. The maximum Gasteiger partial charge on any atom is 0.270 e. The largest absolute Gasteiger partial charge is 0.345 e. The number of hydrogen-bond acceptors (Lipinski definition) is 4. The van der Waals surface area contributed by atoms with Crippen LogP contribution in [0.4, 0.5) is 4.39 Å². The average molecular weight is 278 g/mol. The van der Waals surface area contributed by atoms with Crippen LogP contribution in [-0.4, -0.2) is 41.2 Å². The van der Waals surface area contributed by atoms with Crippen LogP contribution >= 0.6 is 0 Å². The molecule has 1 saturated heterocycles. The summed E-state index contributed by atoms with van der Waals surface area (Å²) in [6.45, 7) is 1.10. The molecule has 2 heterocycles. The van der Waals surface area contributed by atoms with Gasteiger partial charge in [-0.25, -0.2) is 14.4 Å². The van der Waals surface area contributed by atoms with Gasteiger partial charge in [-0.1, -0.05) is 0 Å². The van der Waals surface area contributed by atoms with Crippen LogP contribution < -0.4 is 10.6 Å². The molecule has 1 aromatic heterocycles. The van der Waals surface area contributed by atoms with E-state index in [4.69, 9.17) is 0 Å². The maximum atomic E-state index is 13.9. The van der Waals surface area contributed by atoms with Crippen LogP contribution in [0.5, 0.6) is 0 Å². The van der Waals surface area contributed by atoms with Crippen molar-refractivity contribution >= 4 is 5.91 Å². The first-order valence-corrected chi connectivity index (χ1v) is 7.24. The third-order valence-corrected chi connectivity index (χ3v) is 4.05. The molecule has 0 saturated carbocycles. The standard InChI is InChI=1S/C14H19FN4O/c15-10-7-16-6-2-5-12(10)19-14(20)13-9-3-1-4-11(9)17-8-18-13/h8,10,12,16H,1-7H2,(H,19,20). The highest BCUT2D eigenvalue weighted by Crippen LogP contribution is 2.22. The van der Waals surface area contributed by atoms with Crippen LogP contribution in [0.15, 0.2) is 6.33 Å². The summed E-state index contributed by atoms with van der Waals surface area (Å²) in [5, 5.41) is 5.84. The molecule has 0 spiro atoms. The Labute approximate surface area is 117 Å². The van der Waals surface area contributed by atoms with Crippen molar-refractivity contribution in [2.75, 3.05) is 13.1 Å². The van der Waals surface area contributed by atoms with Crippen molar-refractivity contribution in [2.24, 2.45) is 0 Å². The van der Waals surface area contributed by atoms with E-state index in [1.165, 1.54) is 6.33 Å². The minimum atomic E-state index is -1.05. The van der Waals surface area contributed by atoms with E-state index in [0.717, 1.165) is 43.5 Å². The van der Waals surface area contributed by atoms with Gasteiger partial charge in [-0.05, 0) is 38.6 Å². The third-order valence-electron chi connectivity index (χ3n) is 4.05. The lowest BCUT2D eigenvalue weighted by Crippen LogP contribution is -2.44. The number of aryl methyl sites for hydroxylation is 1. The number of hydrogen-bond donors (Lipinski definition) is 2. The van der Waals surface area contributed by atoms with Crippen molar-refractivity contribution in [3.8, 4) is 0 Å². The molecule has 1 fully saturated rings. The smallest absolute Gasteiger partial charge is 0.270 e. The fraction of sp³-hybridized carbons (Fsp3) is 0.643. The van der Waals surface area contributed by atoms with E-state index >= 15 is 0 Å². The van der Waals surface area contributed by atoms with E-state index in [2.05, 4.69) is 20.6 Å². The second-order valence-electron chi connectivity index (χ2n) is 5.44. The second-order valence-corrected chi connectivity index (χ2v) is 5.44. The Balaban J connectivity index is 1.74. The predicted octanol–water partition coefficient (Wildman–Crippen LogP) is 0.785. The van der Waals surface area contributed by atoms with Gasteiger partial charge in [-0.2, -0.15) is 0 Å². The first-order valence-electron chi connectivity index (χ1n) is 7.24. The number of alkyl halides is 1. The van der Waals surface area contributed by atoms with Crippen molar-refractivity contribution in [3.63, 3.8) is 0 Å². The van der Waals surface area contributed by atoms with Crippen molar-refractivity contribution in [3.05, 3.63) is 23.3 Å². The van der Waals surface area contributed by atoms with Gasteiger partial charge in [0.25, 0.3) is 5.91 Å². The number of carbonyl (C=O) groups excluding carboxylic acids is 1. The van der Waals surface area contributed by atoms with E-state index < -0.39 is 12.2 Å². The molecule has 2 atom stereocenters. The number of halogens is 1. The lowest BCUT2D eigenvalue weighted by atomic mass is 10.1. The number of nitrogens with one attached hydrogen (secondary N) is 2. The van der Waals surface area contributed by atoms with Gasteiger partial charge < -0.3 is 10.6 Å². The normalized spacial score (nSPS) is 25.9. The molecule has 2 N–H and O–H groups in total. The Bertz CT molecular complexity index is 508. The van der Waals surface area contributed by atoms with Gasteiger partial charge in [0.1, 0.15) is 18.2 Å². The Hall–Kier alpha value is -1.56. The van der Waals surface area contributed by atoms with Crippen LogP contribution in [0, 0.1) is 0 Å². The zero-order valence-corrected chi connectivity index (χ0v) is 11.4. The van der Waals surface area contributed by atoms with Gasteiger partial charge in [0.2, 0.25) is 0 Å². The van der Waals surface area contributed by atoms with Crippen molar-refractivity contribution in [1.29, 1.82) is 0 Å². The van der Waals surface area contributed by atoms with Crippen molar-refractivity contribution in [2.45, 2.75) is 44.3 Å². The lowest BCUT2D eigenvalue weighted by molar-refractivity contribution is 0.0902. The Morgan fingerprint density at radius 2 is 2.25 bits per heavy atom. The summed E-state index contributed by atoms with van der Waals surface area (Å²) < 4.78 is 13.9. The summed E-state index contributed by atoms with van der Waals surface area (Å²) in [4.78, 5) is 20.6. The van der Waals surface area contributed by atoms with Crippen LogP contribution in [-0.2, 0) is 12.8 Å². The van der Waals surface area contributed by atoms with Gasteiger partial charge in [0.05, 0.1) is 6.04 Å². The van der Waals surface area contributed by atoms with Gasteiger partial charge in [-0.3, -0.25) is 4.79 Å². The van der Waals surface area contributed by atoms with Gasteiger partial charge in [0.15, 0.2) is 0 Å². The monoisotopic (exact) mass is 278 g/mol. The molecule has 1 amide bonds. The number of amides is 1. The topological polar surface area (TPSA) is 66.9 Å². The van der Waals surface area contributed by atoms with E-state index in [-0.39, 0.29) is 5.91 Å². The molecule has 3 rings (SSSR count). The molecule has 1 aliphatic heterocycles. The Morgan fingerprint density at radius 1 is 1.35 bits per heavy atom. The van der Waals surface area contributed by atoms with Gasteiger partial charge in [0, 0.05) is 17.8 Å². The minimum Gasteiger partial charge on any atom is -0.345 e. The van der Waals surface area contributed by atoms with Crippen LogP contribution in [0.2, 0.25) is 0 Å². The van der Waals surface area contributed by atoms with Gasteiger partial charge >= 0.3 is 0 Å². The second kappa shape index (κ2) is 5.83. The quantitative estimate of drug-likeness (QED) is 0.839. The van der Waals surface area contributed by atoms with E-state index in [0.29, 0.717) is 18.7 Å². The van der Waals surface area contributed by atoms with E-state index in [9.17, 15) is 9.18 Å². The predicted molar refractivity (Wildman–Crippen MR) is 72.3 cm³/mol. The minimum absolute atomic E-state index is 0.264. The molecule has 6 heteroatoms. The summed E-state index contributed by atoms with van der Waals surface area (Å²) in [6, 6.07) is -0.426. The Kier molecular flexibility index (Phi) is 3.91. The van der Waals surface area contributed by atoms with Crippen LogP contribution in [0.1, 0.15) is 41.0 Å². The number of carbonyl (C=O) groups is 1. The molecule has 2 aliphatic rings. The number of rotatable bonds is 2. The van der Waals surface area contributed by atoms with Crippen LogP contribution in [0.25, 0.3) is 0 Å². The third kappa shape index (κ3) is 2.65. The summed E-state index contributed by atoms with van der Waals surface area (Å²) in [6.07, 6.45) is 4.66. The number of nitrogens with zero attached hydrogens (tertiary/aromatic N) is 2. The number of fused-ring (bicyclic) bond motifs is 1. The van der Waals surface area contributed by atoms with E-state index in [1.807, 2.05) is 0 Å². The van der Waals surface area contributed by atoms with Gasteiger partial charge in [-0.15, -0.1) is 0 Å². The Morgan fingerprint density at radius 3 is 3.15 bits per heavy atom. The van der Waals surface area contributed by atoms with Crippen molar-refractivity contribution < 1.29 is 9.18 Å². The maximum absolute atomic E-state index is 13.9. The molecule has 5 nitrogen and oxygen atoms in total. The lowest BCUT2D eigenvalue weighted by Gasteiger charge is -2.20. The molecular weight excluding hydrogens is 259 g/mol. The molecule has 2 unspecified atom stereocenters. The van der Waals surface area contributed by atoms with Crippen LogP contribution in [0.3, 0.4) is 0 Å². The summed E-state index contributed by atoms with van der Waals surface area (Å²) in [5.41, 5.74) is 2.33. The fourth-order valence-corrected chi connectivity index (χ4v) is 2.96. The van der Waals surface area contributed by atoms with Crippen molar-refractivity contribution in [1.82, 2.24) is 20.6 Å². The molecule has 20 heavy (non-hydrogen) atoms. The highest BCUT2D eigenvalue weighted by atomic mass is 19.1. The zero-order valence-electron chi connectivity index (χ0n) is 11.4. The highest BCUT2D eigenvalue weighted by molar-refractivity contribution is 5.94. The molecule has 0 bridgehead atoms. The summed E-state index contributed by atoms with van der Waals surface area (Å²) >= 11 is 0. The number of aromatic nitrogens is 2. The molecule has 108 valence electrons. The highest BCUT2D eigenvalue weighted by Gasteiger charge is 2.27. The SMILES string of the molecule is O=C(NC1CCCNCC1F)c1ncnc2c1CCC2. The molecular formula is C14H19FN4O. The molecule has 0 aromatic carbocycles. The first kappa shape index (κ1) is 13.4. The fourth-order valence-electron chi connectivity index (χ4n) is 2.96. The first-order chi connectivity index (χ1) is 9.75. The molecule has 1 aliphatic carbocycles. The summed E-state index contributed by atoms with van der Waals surface area (Å²) in [5.74, 6) is -0.264.